The molecule has 0 fully saturated rings. The van der Waals surface area contributed by atoms with E-state index in [1.807, 2.05) is 0 Å². The average molecular weight is 254 g/mol. The van der Waals surface area contributed by atoms with Crippen LogP contribution in [0.1, 0.15) is 5.69 Å². The first-order chi connectivity index (χ1) is 8.20. The Kier molecular flexibility index (Phi) is 3.24. The molecule has 0 aromatic carbocycles. The molecule has 0 radical (unpaired) electrons. The fourth-order valence-corrected chi connectivity index (χ4v) is 1.86. The highest BCUT2D eigenvalue weighted by Crippen LogP contribution is 2.14. The second-order valence-electron chi connectivity index (χ2n) is 3.14. The van der Waals surface area contributed by atoms with Crippen LogP contribution in [0.15, 0.2) is 21.3 Å². The van der Waals surface area contributed by atoms with Crippen molar-refractivity contribution in [3.8, 4) is 5.75 Å². The molecule has 0 bridgehead atoms. The third-order valence-corrected chi connectivity index (χ3v) is 2.75. The molecule has 0 aliphatic heterocycles. The van der Waals surface area contributed by atoms with Gasteiger partial charge in [0.05, 0.1) is 20.0 Å². The van der Waals surface area contributed by atoms with Gasteiger partial charge in [-0.25, -0.2) is 4.98 Å². The van der Waals surface area contributed by atoms with Gasteiger partial charge in [0.25, 0.3) is 5.56 Å². The van der Waals surface area contributed by atoms with Crippen LogP contribution in [0, 0.1) is 0 Å². The zero-order valence-corrected chi connectivity index (χ0v) is 9.76. The molecule has 90 valence electrons. The fraction of sp³-hybridized carbons (Fsp3) is 0.222. The first kappa shape index (κ1) is 11.4. The van der Waals surface area contributed by atoms with Gasteiger partial charge in [0, 0.05) is 11.1 Å². The number of ether oxygens (including phenoxy) is 1. The van der Waals surface area contributed by atoms with E-state index in [9.17, 15) is 9.59 Å². The summed E-state index contributed by atoms with van der Waals surface area (Å²) in [4.78, 5) is 31.2. The summed E-state index contributed by atoms with van der Waals surface area (Å²) in [6, 6.07) is 0. The molecule has 2 aromatic heterocycles. The highest BCUT2D eigenvalue weighted by molar-refractivity contribution is 7.07. The van der Waals surface area contributed by atoms with Crippen molar-refractivity contribution in [2.45, 2.75) is 6.54 Å². The van der Waals surface area contributed by atoms with Crippen LogP contribution < -0.4 is 20.5 Å². The highest BCUT2D eigenvalue weighted by atomic mass is 32.1. The summed E-state index contributed by atoms with van der Waals surface area (Å²) in [5, 5.41) is 4.62. The van der Waals surface area contributed by atoms with Gasteiger partial charge in [0.15, 0.2) is 5.82 Å². The van der Waals surface area contributed by atoms with Gasteiger partial charge in [-0.05, 0) is 0 Å². The third-order valence-electron chi connectivity index (χ3n) is 2.03. The molecular formula is C9H10N4O3S. The summed E-state index contributed by atoms with van der Waals surface area (Å²) < 4.78 is 4.93. The minimum absolute atomic E-state index is 0.116. The molecule has 0 spiro atoms. The van der Waals surface area contributed by atoms with Gasteiger partial charge in [0.1, 0.15) is 0 Å². The summed E-state index contributed by atoms with van der Waals surface area (Å²) in [6.07, 6.45) is 1.28. The Balaban J connectivity index is 2.16. The smallest absolute Gasteiger partial charge is 0.304 e. The monoisotopic (exact) mass is 254 g/mol. The lowest BCUT2D eigenvalue weighted by atomic mass is 10.4. The molecule has 7 nitrogen and oxygen atoms in total. The van der Waals surface area contributed by atoms with Gasteiger partial charge in [0.2, 0.25) is 5.75 Å². The van der Waals surface area contributed by atoms with E-state index in [-0.39, 0.29) is 16.2 Å². The van der Waals surface area contributed by atoms with Crippen LogP contribution in [-0.4, -0.2) is 22.1 Å². The fourth-order valence-electron chi connectivity index (χ4n) is 1.28. The van der Waals surface area contributed by atoms with E-state index >= 15 is 0 Å². The summed E-state index contributed by atoms with van der Waals surface area (Å²) >= 11 is 1.08. The summed E-state index contributed by atoms with van der Waals surface area (Å²) in [5.41, 5.74) is 0.368. The average Bonchev–Trinajstić information content (AvgIpc) is 2.72. The number of hydrogen-bond acceptors (Lipinski definition) is 6. The maximum absolute atomic E-state index is 11.4. The number of anilines is 1. The Morgan fingerprint density at radius 3 is 3.00 bits per heavy atom. The molecule has 0 saturated carbocycles. The van der Waals surface area contributed by atoms with E-state index < -0.39 is 0 Å². The first-order valence-corrected chi connectivity index (χ1v) is 5.61. The van der Waals surface area contributed by atoms with Crippen LogP contribution in [0.5, 0.6) is 5.75 Å². The number of methoxy groups -OCH3 is 1. The molecule has 0 aliphatic rings. The van der Waals surface area contributed by atoms with Gasteiger partial charge in [-0.15, -0.1) is 0 Å². The van der Waals surface area contributed by atoms with Crippen molar-refractivity contribution in [3.63, 3.8) is 0 Å². The molecule has 0 unspecified atom stereocenters. The van der Waals surface area contributed by atoms with Crippen LogP contribution in [-0.2, 0) is 6.54 Å². The van der Waals surface area contributed by atoms with Crippen LogP contribution in [0.25, 0.3) is 0 Å². The van der Waals surface area contributed by atoms with E-state index in [0.717, 1.165) is 17.0 Å². The molecular weight excluding hydrogens is 244 g/mol. The Bertz CT molecular complexity index is 615. The number of H-pyrrole nitrogens is 2. The normalized spacial score (nSPS) is 10.2. The highest BCUT2D eigenvalue weighted by Gasteiger charge is 2.08. The molecule has 2 aromatic rings. The van der Waals surface area contributed by atoms with E-state index in [2.05, 4.69) is 20.3 Å². The summed E-state index contributed by atoms with van der Waals surface area (Å²) in [5.74, 6) is 0.452. The maximum Gasteiger partial charge on any atom is 0.304 e. The minimum Gasteiger partial charge on any atom is -0.489 e. The number of aromatic nitrogens is 3. The molecule has 0 saturated heterocycles. The summed E-state index contributed by atoms with van der Waals surface area (Å²) in [6.45, 7) is 0.367. The lowest BCUT2D eigenvalue weighted by Crippen LogP contribution is -2.14. The molecule has 2 heterocycles. The predicted molar refractivity (Wildman–Crippen MR) is 63.7 cm³/mol. The molecule has 0 aliphatic carbocycles. The van der Waals surface area contributed by atoms with Gasteiger partial charge in [-0.3, -0.25) is 9.59 Å². The van der Waals surface area contributed by atoms with Gasteiger partial charge in [-0.2, -0.15) is 0 Å². The second kappa shape index (κ2) is 4.83. The van der Waals surface area contributed by atoms with Crippen molar-refractivity contribution in [1.82, 2.24) is 15.0 Å². The van der Waals surface area contributed by atoms with E-state index in [4.69, 9.17) is 4.74 Å². The molecule has 2 rings (SSSR count). The largest absolute Gasteiger partial charge is 0.489 e. The molecule has 3 N–H and O–H groups in total. The van der Waals surface area contributed by atoms with E-state index in [0.29, 0.717) is 12.4 Å². The standard InChI is InChI=1S/C9H10N4O3S/c1-16-6-7(11-4-12-8(6)14)10-2-5-3-17-9(15)13-5/h3-4H,2H2,1H3,(H,13,15)(H2,10,11,12,14). The zero-order chi connectivity index (χ0) is 12.3. The van der Waals surface area contributed by atoms with Crippen LogP contribution in [0.4, 0.5) is 5.82 Å². The van der Waals surface area contributed by atoms with Crippen LogP contribution in [0.2, 0.25) is 0 Å². The molecule has 0 atom stereocenters. The predicted octanol–water partition coefficient (Wildman–Crippen LogP) is 0.140. The van der Waals surface area contributed by atoms with Crippen molar-refractivity contribution in [3.05, 3.63) is 37.4 Å². The van der Waals surface area contributed by atoms with Crippen LogP contribution in [0.3, 0.4) is 0 Å². The Hall–Kier alpha value is -2.09. The van der Waals surface area contributed by atoms with Crippen molar-refractivity contribution in [2.75, 3.05) is 12.4 Å². The SMILES string of the molecule is COc1c(NCc2csc(=O)[nH]2)nc[nH]c1=O. The van der Waals surface area contributed by atoms with E-state index in [1.165, 1.54) is 13.4 Å². The first-order valence-electron chi connectivity index (χ1n) is 4.73. The van der Waals surface area contributed by atoms with Crippen molar-refractivity contribution in [2.24, 2.45) is 0 Å². The topological polar surface area (TPSA) is 99.9 Å². The number of nitrogens with one attached hydrogen (secondary N) is 3. The van der Waals surface area contributed by atoms with Crippen molar-refractivity contribution in [1.29, 1.82) is 0 Å². The lowest BCUT2D eigenvalue weighted by Gasteiger charge is -2.07. The number of rotatable bonds is 4. The molecule has 17 heavy (non-hydrogen) atoms. The number of aromatic amines is 2. The van der Waals surface area contributed by atoms with Gasteiger partial charge in [-0.1, -0.05) is 11.3 Å². The lowest BCUT2D eigenvalue weighted by molar-refractivity contribution is 0.408. The Morgan fingerprint density at radius 1 is 1.53 bits per heavy atom. The maximum atomic E-state index is 11.4. The number of thiazole rings is 1. The number of nitrogens with zero attached hydrogens (tertiary/aromatic N) is 1. The summed E-state index contributed by atoms with van der Waals surface area (Å²) in [7, 11) is 1.39. The Labute approximate surface area is 99.5 Å². The van der Waals surface area contributed by atoms with Gasteiger partial charge >= 0.3 is 4.87 Å². The number of hydrogen-bond donors (Lipinski definition) is 3. The zero-order valence-electron chi connectivity index (χ0n) is 8.94. The molecule has 0 amide bonds. The Morgan fingerprint density at radius 2 is 2.35 bits per heavy atom. The molecule has 8 heteroatoms. The quantitative estimate of drug-likeness (QED) is 0.720. The third kappa shape index (κ3) is 2.53. The van der Waals surface area contributed by atoms with Crippen LogP contribution >= 0.6 is 11.3 Å². The van der Waals surface area contributed by atoms with Crippen molar-refractivity contribution < 1.29 is 4.74 Å². The van der Waals surface area contributed by atoms with Gasteiger partial charge < -0.3 is 20.0 Å². The second-order valence-corrected chi connectivity index (χ2v) is 3.98. The van der Waals surface area contributed by atoms with E-state index in [1.54, 1.807) is 5.38 Å². The minimum atomic E-state index is -0.358. The van der Waals surface area contributed by atoms with Crippen molar-refractivity contribution >= 4 is 17.2 Å².